The topological polar surface area (TPSA) is 63.4 Å². The smallest absolute Gasteiger partial charge is 0.218 e. The third kappa shape index (κ3) is 4.05. The van der Waals surface area contributed by atoms with Crippen LogP contribution in [0.1, 0.15) is 10.4 Å². The maximum atomic E-state index is 12.3. The minimum Gasteiger partial charge on any atom is -0.399 e. The molecule has 2 aromatic rings. The quantitative estimate of drug-likeness (QED) is 0.817. The number of nitrogen functional groups attached to an aromatic ring is 1. The average Bonchev–Trinajstić information content (AvgIpc) is 2.74. The lowest BCUT2D eigenvalue weighted by Crippen LogP contribution is -2.27. The van der Waals surface area contributed by atoms with Gasteiger partial charge in [0.05, 0.1) is 5.75 Å². The zero-order valence-electron chi connectivity index (χ0n) is 10.9. The van der Waals surface area contributed by atoms with Crippen LogP contribution in [0.25, 0.3) is 0 Å². The summed E-state index contributed by atoms with van der Waals surface area (Å²) < 4.78 is 26.9. The van der Waals surface area contributed by atoms with Crippen LogP contribution in [-0.2, 0) is 22.3 Å². The van der Waals surface area contributed by atoms with Gasteiger partial charge in [-0.3, -0.25) is 0 Å². The van der Waals surface area contributed by atoms with Crippen molar-refractivity contribution in [3.63, 3.8) is 0 Å². The SMILES string of the molecule is CN(Cc1cc(Br)cs1)S(=O)(=O)Cc1cccc(N)c1. The van der Waals surface area contributed by atoms with Crippen LogP contribution >= 0.6 is 27.3 Å². The summed E-state index contributed by atoms with van der Waals surface area (Å²) in [6.07, 6.45) is 0. The van der Waals surface area contributed by atoms with E-state index in [1.54, 1.807) is 31.3 Å². The molecule has 0 amide bonds. The molecule has 0 unspecified atom stereocenters. The summed E-state index contributed by atoms with van der Waals surface area (Å²) in [4.78, 5) is 0.996. The lowest BCUT2D eigenvalue weighted by molar-refractivity contribution is 0.469. The Kier molecular flexibility index (Phi) is 4.85. The van der Waals surface area contributed by atoms with Gasteiger partial charge in [0.1, 0.15) is 0 Å². The van der Waals surface area contributed by atoms with Gasteiger partial charge in [-0.2, -0.15) is 4.31 Å². The molecule has 7 heteroatoms. The van der Waals surface area contributed by atoms with Crippen LogP contribution in [0.15, 0.2) is 40.2 Å². The van der Waals surface area contributed by atoms with Gasteiger partial charge < -0.3 is 5.73 Å². The lowest BCUT2D eigenvalue weighted by atomic mass is 10.2. The summed E-state index contributed by atoms with van der Waals surface area (Å²) in [5.74, 6) is -0.0406. The summed E-state index contributed by atoms with van der Waals surface area (Å²) in [5.41, 5.74) is 6.94. The minimum atomic E-state index is -3.35. The van der Waals surface area contributed by atoms with Crippen molar-refractivity contribution >= 4 is 43.0 Å². The van der Waals surface area contributed by atoms with Crippen LogP contribution in [0.2, 0.25) is 0 Å². The maximum Gasteiger partial charge on any atom is 0.218 e. The van der Waals surface area contributed by atoms with E-state index in [-0.39, 0.29) is 5.75 Å². The molecule has 1 heterocycles. The number of nitrogens with zero attached hydrogens (tertiary/aromatic N) is 1. The van der Waals surface area contributed by atoms with E-state index in [1.807, 2.05) is 11.4 Å². The molecule has 4 nitrogen and oxygen atoms in total. The van der Waals surface area contributed by atoms with E-state index in [2.05, 4.69) is 15.9 Å². The van der Waals surface area contributed by atoms with Gasteiger partial charge in [-0.1, -0.05) is 12.1 Å². The molecule has 108 valence electrons. The van der Waals surface area contributed by atoms with Gasteiger partial charge in [-0.25, -0.2) is 8.42 Å². The Balaban J connectivity index is 2.09. The molecule has 1 aromatic heterocycles. The molecule has 0 atom stereocenters. The molecule has 20 heavy (non-hydrogen) atoms. The number of hydrogen-bond acceptors (Lipinski definition) is 4. The van der Waals surface area contributed by atoms with Gasteiger partial charge in [0, 0.05) is 34.0 Å². The van der Waals surface area contributed by atoms with Crippen molar-refractivity contribution in [3.05, 3.63) is 50.6 Å². The first-order chi connectivity index (χ1) is 9.37. The molecule has 0 aliphatic rings. The Bertz CT molecular complexity index is 698. The van der Waals surface area contributed by atoms with Crippen LogP contribution in [0.3, 0.4) is 0 Å². The molecule has 0 saturated carbocycles. The number of anilines is 1. The van der Waals surface area contributed by atoms with Crippen LogP contribution in [-0.4, -0.2) is 19.8 Å². The van der Waals surface area contributed by atoms with Crippen molar-refractivity contribution in [1.29, 1.82) is 0 Å². The number of halogens is 1. The first-order valence-electron chi connectivity index (χ1n) is 5.88. The Hall–Kier alpha value is -0.890. The molecule has 2 N–H and O–H groups in total. The molecule has 0 bridgehead atoms. The van der Waals surface area contributed by atoms with Crippen LogP contribution in [0, 0.1) is 0 Å². The number of hydrogen-bond donors (Lipinski definition) is 1. The molecule has 0 spiro atoms. The highest BCUT2D eigenvalue weighted by Crippen LogP contribution is 2.22. The lowest BCUT2D eigenvalue weighted by Gasteiger charge is -2.16. The van der Waals surface area contributed by atoms with E-state index in [9.17, 15) is 8.42 Å². The Labute approximate surface area is 131 Å². The van der Waals surface area contributed by atoms with Gasteiger partial charge in [0.15, 0.2) is 0 Å². The molecule has 0 aliphatic carbocycles. The van der Waals surface area contributed by atoms with Gasteiger partial charge in [0.25, 0.3) is 0 Å². The third-order valence-corrected chi connectivity index (χ3v) is 6.23. The number of sulfonamides is 1. The van der Waals surface area contributed by atoms with E-state index in [1.165, 1.54) is 15.6 Å². The van der Waals surface area contributed by atoms with Crippen molar-refractivity contribution in [1.82, 2.24) is 4.31 Å². The monoisotopic (exact) mass is 374 g/mol. The summed E-state index contributed by atoms with van der Waals surface area (Å²) in [6, 6.07) is 8.88. The second-order valence-corrected chi connectivity index (χ2v) is 8.48. The summed E-state index contributed by atoms with van der Waals surface area (Å²) in [5, 5.41) is 1.94. The van der Waals surface area contributed by atoms with E-state index < -0.39 is 10.0 Å². The first kappa shape index (κ1) is 15.5. The van der Waals surface area contributed by atoms with Crippen LogP contribution in [0.4, 0.5) is 5.69 Å². The van der Waals surface area contributed by atoms with E-state index >= 15 is 0 Å². The largest absolute Gasteiger partial charge is 0.399 e. The summed E-state index contributed by atoms with van der Waals surface area (Å²) in [6.45, 7) is 0.376. The molecular weight excluding hydrogens is 360 g/mol. The van der Waals surface area contributed by atoms with Crippen molar-refractivity contribution in [2.75, 3.05) is 12.8 Å². The highest BCUT2D eigenvalue weighted by Gasteiger charge is 2.19. The molecule has 0 aliphatic heterocycles. The fourth-order valence-electron chi connectivity index (χ4n) is 1.76. The summed E-state index contributed by atoms with van der Waals surface area (Å²) >= 11 is 4.89. The van der Waals surface area contributed by atoms with Gasteiger partial charge >= 0.3 is 0 Å². The number of thiophene rings is 1. The molecular formula is C13H15BrN2O2S2. The molecule has 0 fully saturated rings. The van der Waals surface area contributed by atoms with Crippen molar-refractivity contribution in [3.8, 4) is 0 Å². The predicted molar refractivity (Wildman–Crippen MR) is 87.0 cm³/mol. The fraction of sp³-hybridized carbons (Fsp3) is 0.231. The number of rotatable bonds is 5. The highest BCUT2D eigenvalue weighted by atomic mass is 79.9. The Morgan fingerprint density at radius 2 is 2.10 bits per heavy atom. The fourth-order valence-corrected chi connectivity index (χ4v) is 4.50. The average molecular weight is 375 g/mol. The van der Waals surface area contributed by atoms with Crippen molar-refractivity contribution in [2.24, 2.45) is 0 Å². The molecule has 0 saturated heterocycles. The minimum absolute atomic E-state index is 0.0406. The van der Waals surface area contributed by atoms with Crippen LogP contribution < -0.4 is 5.73 Å². The van der Waals surface area contributed by atoms with E-state index in [4.69, 9.17) is 5.73 Å². The van der Waals surface area contributed by atoms with Crippen molar-refractivity contribution < 1.29 is 8.42 Å². The third-order valence-electron chi connectivity index (χ3n) is 2.78. The molecule has 2 rings (SSSR count). The van der Waals surface area contributed by atoms with Gasteiger partial charge in [-0.15, -0.1) is 11.3 Å². The van der Waals surface area contributed by atoms with E-state index in [0.717, 1.165) is 9.35 Å². The number of nitrogens with two attached hydrogens (primary N) is 1. The summed E-state index contributed by atoms with van der Waals surface area (Å²) in [7, 11) is -1.76. The molecule has 0 radical (unpaired) electrons. The first-order valence-corrected chi connectivity index (χ1v) is 9.16. The van der Waals surface area contributed by atoms with Crippen molar-refractivity contribution in [2.45, 2.75) is 12.3 Å². The second-order valence-electron chi connectivity index (χ2n) is 4.49. The van der Waals surface area contributed by atoms with Crippen LogP contribution in [0.5, 0.6) is 0 Å². The maximum absolute atomic E-state index is 12.3. The Morgan fingerprint density at radius 3 is 2.70 bits per heavy atom. The normalized spacial score (nSPS) is 11.9. The highest BCUT2D eigenvalue weighted by molar-refractivity contribution is 9.10. The standard InChI is InChI=1S/C13H15BrN2O2S2/c1-16(7-13-6-11(14)8-19-13)20(17,18)9-10-3-2-4-12(15)5-10/h2-6,8H,7,9,15H2,1H3. The molecule has 1 aromatic carbocycles. The Morgan fingerprint density at radius 1 is 1.35 bits per heavy atom. The predicted octanol–water partition coefficient (Wildman–Crippen LogP) is 3.05. The van der Waals surface area contributed by atoms with E-state index in [0.29, 0.717) is 17.8 Å². The second kappa shape index (κ2) is 6.26. The van der Waals surface area contributed by atoms with Gasteiger partial charge in [-0.05, 0) is 39.7 Å². The zero-order valence-corrected chi connectivity index (χ0v) is 14.1. The zero-order chi connectivity index (χ0) is 14.8. The number of benzene rings is 1. The van der Waals surface area contributed by atoms with Gasteiger partial charge in [0.2, 0.25) is 10.0 Å².